The van der Waals surface area contributed by atoms with E-state index in [2.05, 4.69) is 16.8 Å². The van der Waals surface area contributed by atoms with Gasteiger partial charge in [0.2, 0.25) is 0 Å². The summed E-state index contributed by atoms with van der Waals surface area (Å²) in [6, 6.07) is 6.73. The van der Waals surface area contributed by atoms with Crippen LogP contribution in [0.4, 0.5) is 18.9 Å². The molecule has 2 bridgehead atoms. The number of anilines is 1. The predicted octanol–water partition coefficient (Wildman–Crippen LogP) is 3.38. The topological polar surface area (TPSA) is 6.48 Å². The second-order valence-corrected chi connectivity index (χ2v) is 5.83. The van der Waals surface area contributed by atoms with Crippen molar-refractivity contribution in [3.63, 3.8) is 0 Å². The van der Waals surface area contributed by atoms with E-state index in [1.54, 1.807) is 12.1 Å². The van der Waals surface area contributed by atoms with Gasteiger partial charge < -0.3 is 4.90 Å². The third kappa shape index (κ3) is 2.51. The van der Waals surface area contributed by atoms with E-state index in [0.29, 0.717) is 12.1 Å². The average Bonchev–Trinajstić information content (AvgIpc) is 2.62. The first-order valence-corrected chi connectivity index (χ1v) is 7.09. The lowest BCUT2D eigenvalue weighted by atomic mass is 10.1. The van der Waals surface area contributed by atoms with Crippen molar-refractivity contribution in [2.24, 2.45) is 0 Å². The van der Waals surface area contributed by atoms with Crippen molar-refractivity contribution in [2.75, 3.05) is 25.0 Å². The van der Waals surface area contributed by atoms with Gasteiger partial charge in [-0.1, -0.05) is 0 Å². The molecule has 1 aromatic carbocycles. The van der Waals surface area contributed by atoms with E-state index in [4.69, 9.17) is 0 Å². The Hall–Kier alpha value is -1.23. The van der Waals surface area contributed by atoms with Crippen molar-refractivity contribution in [3.05, 3.63) is 29.8 Å². The highest BCUT2D eigenvalue weighted by Gasteiger charge is 2.35. The van der Waals surface area contributed by atoms with Crippen molar-refractivity contribution in [2.45, 2.75) is 37.5 Å². The monoisotopic (exact) mass is 284 g/mol. The molecule has 2 fully saturated rings. The maximum absolute atomic E-state index is 12.6. The molecular formula is C15H19F3N2. The highest BCUT2D eigenvalue weighted by Crippen LogP contribution is 2.33. The second-order valence-electron chi connectivity index (χ2n) is 5.83. The van der Waals surface area contributed by atoms with Crippen LogP contribution in [0, 0.1) is 0 Å². The molecule has 0 N–H and O–H groups in total. The van der Waals surface area contributed by atoms with E-state index < -0.39 is 11.7 Å². The molecule has 2 aliphatic rings. The first kappa shape index (κ1) is 13.7. The third-order valence-electron chi connectivity index (χ3n) is 4.71. The Morgan fingerprint density at radius 2 is 1.65 bits per heavy atom. The van der Waals surface area contributed by atoms with Crippen molar-refractivity contribution in [1.29, 1.82) is 0 Å². The molecule has 20 heavy (non-hydrogen) atoms. The minimum absolute atomic E-state index is 0.532. The van der Waals surface area contributed by atoms with Gasteiger partial charge in [0, 0.05) is 30.9 Å². The summed E-state index contributed by atoms with van der Waals surface area (Å²) in [5.74, 6) is 0. The molecule has 2 aliphatic heterocycles. The largest absolute Gasteiger partial charge is 0.416 e. The van der Waals surface area contributed by atoms with Crippen molar-refractivity contribution in [3.8, 4) is 0 Å². The minimum atomic E-state index is -4.25. The van der Waals surface area contributed by atoms with E-state index >= 15 is 0 Å². The highest BCUT2D eigenvalue weighted by atomic mass is 19.4. The number of nitrogens with zero attached hydrogens (tertiary/aromatic N) is 2. The van der Waals surface area contributed by atoms with Gasteiger partial charge in [0.25, 0.3) is 0 Å². The maximum atomic E-state index is 12.6. The van der Waals surface area contributed by atoms with E-state index in [9.17, 15) is 13.2 Å². The van der Waals surface area contributed by atoms with Gasteiger partial charge in [0.1, 0.15) is 0 Å². The van der Waals surface area contributed by atoms with Gasteiger partial charge in [-0.2, -0.15) is 13.2 Å². The molecule has 3 rings (SSSR count). The van der Waals surface area contributed by atoms with Crippen LogP contribution in [0.15, 0.2) is 24.3 Å². The lowest BCUT2D eigenvalue weighted by Gasteiger charge is -2.27. The summed E-state index contributed by atoms with van der Waals surface area (Å²) in [4.78, 5) is 4.66. The van der Waals surface area contributed by atoms with Crippen molar-refractivity contribution in [1.82, 2.24) is 4.90 Å². The van der Waals surface area contributed by atoms with Gasteiger partial charge in [-0.25, -0.2) is 0 Å². The van der Waals surface area contributed by atoms with Gasteiger partial charge in [-0.15, -0.1) is 0 Å². The Kier molecular flexibility index (Phi) is 3.40. The van der Waals surface area contributed by atoms with Crippen molar-refractivity contribution >= 4 is 5.69 Å². The number of likely N-dealkylation sites (N-methyl/N-ethyl adjacent to an activating group) is 1. The van der Waals surface area contributed by atoms with E-state index in [1.165, 1.54) is 25.0 Å². The number of hydrogen-bond donors (Lipinski definition) is 0. The Labute approximate surface area is 117 Å². The molecule has 0 saturated carbocycles. The number of halogens is 3. The van der Waals surface area contributed by atoms with Gasteiger partial charge in [0.15, 0.2) is 0 Å². The predicted molar refractivity (Wildman–Crippen MR) is 72.8 cm³/mol. The number of alkyl halides is 3. The van der Waals surface area contributed by atoms with Crippen LogP contribution < -0.4 is 4.90 Å². The van der Waals surface area contributed by atoms with Gasteiger partial charge in [-0.3, -0.25) is 4.90 Å². The first-order chi connectivity index (χ1) is 9.45. The van der Waals surface area contributed by atoms with Crippen LogP contribution in [0.2, 0.25) is 0 Å². The fraction of sp³-hybridized carbons (Fsp3) is 0.600. The normalized spacial score (nSPS) is 27.7. The Balaban J connectivity index is 1.76. The summed E-state index contributed by atoms with van der Waals surface area (Å²) < 4.78 is 37.7. The third-order valence-corrected chi connectivity index (χ3v) is 4.71. The van der Waals surface area contributed by atoms with Gasteiger partial charge >= 0.3 is 6.18 Å². The first-order valence-electron chi connectivity index (χ1n) is 7.09. The summed E-state index contributed by atoms with van der Waals surface area (Å²) >= 11 is 0. The van der Waals surface area contributed by atoms with E-state index in [-0.39, 0.29) is 0 Å². The molecule has 2 unspecified atom stereocenters. The molecule has 0 radical (unpaired) electrons. The molecule has 0 aliphatic carbocycles. The van der Waals surface area contributed by atoms with Gasteiger partial charge in [0.05, 0.1) is 5.56 Å². The van der Waals surface area contributed by atoms with Crippen LogP contribution in [0.5, 0.6) is 0 Å². The SMILES string of the molecule is CN1C2CCC1CN(c1ccc(C(F)(F)F)cc1)CC2. The van der Waals surface area contributed by atoms with Crippen molar-refractivity contribution < 1.29 is 13.2 Å². The molecule has 2 heterocycles. The summed E-state index contributed by atoms with van der Waals surface area (Å²) in [5.41, 5.74) is 0.327. The summed E-state index contributed by atoms with van der Waals surface area (Å²) in [7, 11) is 2.17. The molecule has 2 saturated heterocycles. The quantitative estimate of drug-likeness (QED) is 0.780. The fourth-order valence-corrected chi connectivity index (χ4v) is 3.40. The number of benzene rings is 1. The van der Waals surface area contributed by atoms with Gasteiger partial charge in [-0.05, 0) is 50.6 Å². The van der Waals surface area contributed by atoms with E-state index in [0.717, 1.165) is 25.2 Å². The molecule has 0 amide bonds. The lowest BCUT2D eigenvalue weighted by molar-refractivity contribution is -0.137. The molecular weight excluding hydrogens is 265 g/mol. The zero-order chi connectivity index (χ0) is 14.3. The summed E-state index contributed by atoms with van der Waals surface area (Å²) in [6.07, 6.45) is -0.717. The molecule has 110 valence electrons. The fourth-order valence-electron chi connectivity index (χ4n) is 3.40. The Morgan fingerprint density at radius 3 is 2.30 bits per heavy atom. The van der Waals surface area contributed by atoms with Crippen LogP contribution in [-0.4, -0.2) is 37.1 Å². The molecule has 5 heteroatoms. The van der Waals surface area contributed by atoms with Crippen LogP contribution in [0.3, 0.4) is 0 Å². The number of hydrogen-bond acceptors (Lipinski definition) is 2. The average molecular weight is 284 g/mol. The van der Waals surface area contributed by atoms with Crippen LogP contribution in [0.1, 0.15) is 24.8 Å². The van der Waals surface area contributed by atoms with E-state index in [1.807, 2.05) is 0 Å². The summed E-state index contributed by atoms with van der Waals surface area (Å²) in [5, 5.41) is 0. The standard InChI is InChI=1S/C15H19F3N2/c1-19-12-6-7-14(19)10-20(9-8-12)13-4-2-11(3-5-13)15(16,17)18/h2-5,12,14H,6-10H2,1H3. The Bertz CT molecular complexity index is 469. The molecule has 2 atom stereocenters. The van der Waals surface area contributed by atoms with Crippen LogP contribution >= 0.6 is 0 Å². The number of rotatable bonds is 1. The highest BCUT2D eigenvalue weighted by molar-refractivity contribution is 5.48. The smallest absolute Gasteiger partial charge is 0.370 e. The second kappa shape index (κ2) is 4.95. The maximum Gasteiger partial charge on any atom is 0.416 e. The Morgan fingerprint density at radius 1 is 1.00 bits per heavy atom. The van der Waals surface area contributed by atoms with Crippen LogP contribution in [-0.2, 0) is 6.18 Å². The van der Waals surface area contributed by atoms with Crippen LogP contribution in [0.25, 0.3) is 0 Å². The lowest BCUT2D eigenvalue weighted by Crippen LogP contribution is -2.36. The zero-order valence-corrected chi connectivity index (χ0v) is 11.5. The zero-order valence-electron chi connectivity index (χ0n) is 11.5. The number of fused-ring (bicyclic) bond motifs is 2. The minimum Gasteiger partial charge on any atom is -0.370 e. The summed E-state index contributed by atoms with van der Waals surface area (Å²) in [6.45, 7) is 1.84. The molecule has 1 aromatic rings. The molecule has 0 aromatic heterocycles. The molecule has 2 nitrogen and oxygen atoms in total. The molecule has 0 spiro atoms.